The third kappa shape index (κ3) is 2.99. The van der Waals surface area contributed by atoms with E-state index in [1.54, 1.807) is 38.1 Å². The van der Waals surface area contributed by atoms with Crippen LogP contribution in [0.5, 0.6) is 11.5 Å². The molecule has 6 nitrogen and oxygen atoms in total. The monoisotopic (exact) mass is 425 g/mol. The highest BCUT2D eigenvalue weighted by Gasteiger charge is 2.48. The summed E-state index contributed by atoms with van der Waals surface area (Å²) in [4.78, 5) is 30.7. The van der Waals surface area contributed by atoms with E-state index in [-0.39, 0.29) is 27.9 Å². The number of aromatic hydroxyl groups is 1. The molecule has 0 saturated heterocycles. The van der Waals surface area contributed by atoms with Crippen LogP contribution in [0.4, 0.5) is 0 Å². The second-order valence-corrected chi connectivity index (χ2v) is 7.54. The van der Waals surface area contributed by atoms with Gasteiger partial charge in [-0.1, -0.05) is 35.9 Å². The summed E-state index contributed by atoms with van der Waals surface area (Å²) in [6.45, 7) is 3.82. The number of benzene rings is 2. The summed E-state index contributed by atoms with van der Waals surface area (Å²) in [5.74, 6) is -2.06. The van der Waals surface area contributed by atoms with Gasteiger partial charge >= 0.3 is 5.97 Å². The third-order valence-electron chi connectivity index (χ3n) is 5.48. The van der Waals surface area contributed by atoms with Gasteiger partial charge in [0.1, 0.15) is 0 Å². The Balaban J connectivity index is 1.97. The number of phenols is 1. The maximum atomic E-state index is 13.4. The number of rotatable bonds is 4. The van der Waals surface area contributed by atoms with Crippen molar-refractivity contribution in [3.63, 3.8) is 0 Å². The molecule has 1 aliphatic carbocycles. The molecule has 2 aromatic rings. The molecule has 154 valence electrons. The Labute approximate surface area is 178 Å². The topological polar surface area (TPSA) is 85.2 Å². The van der Waals surface area contributed by atoms with Crippen LogP contribution in [0.2, 0.25) is 5.02 Å². The number of phenolic OH excluding ortho intramolecular Hbond substituents is 1. The SMILES string of the molecule is CCOc1cc([C@@H]2C(C(=O)OC)=C(C)N=C3c4ccccc4C(=O)C32)cc(Cl)c1O. The van der Waals surface area contributed by atoms with Crippen molar-refractivity contribution in [2.24, 2.45) is 10.9 Å². The highest BCUT2D eigenvalue weighted by atomic mass is 35.5. The molecule has 2 atom stereocenters. The van der Waals surface area contributed by atoms with E-state index >= 15 is 0 Å². The predicted octanol–water partition coefficient (Wildman–Crippen LogP) is 4.29. The Morgan fingerprint density at radius 3 is 2.57 bits per heavy atom. The summed E-state index contributed by atoms with van der Waals surface area (Å²) in [5, 5.41) is 10.3. The number of carbonyl (C=O) groups excluding carboxylic acids is 2. The van der Waals surface area contributed by atoms with Gasteiger partial charge in [-0.3, -0.25) is 9.79 Å². The highest BCUT2D eigenvalue weighted by Crippen LogP contribution is 2.48. The normalized spacial score (nSPS) is 19.9. The molecule has 0 amide bonds. The van der Waals surface area contributed by atoms with Crippen molar-refractivity contribution < 1.29 is 24.2 Å². The number of hydrogen-bond acceptors (Lipinski definition) is 6. The zero-order chi connectivity index (χ0) is 21.6. The van der Waals surface area contributed by atoms with Crippen molar-refractivity contribution in [1.29, 1.82) is 0 Å². The van der Waals surface area contributed by atoms with Crippen LogP contribution in [0.1, 0.15) is 41.3 Å². The lowest BCUT2D eigenvalue weighted by molar-refractivity contribution is -0.136. The van der Waals surface area contributed by atoms with E-state index < -0.39 is 17.8 Å². The van der Waals surface area contributed by atoms with Gasteiger partial charge in [-0.05, 0) is 31.5 Å². The lowest BCUT2D eigenvalue weighted by Gasteiger charge is -2.30. The smallest absolute Gasteiger partial charge is 0.336 e. The number of Topliss-reactive ketones (excluding diaryl/α,β-unsaturated/α-hetero) is 1. The number of aliphatic imine (C=N–C) groups is 1. The van der Waals surface area contributed by atoms with Crippen LogP contribution in [0.15, 0.2) is 52.7 Å². The number of methoxy groups -OCH3 is 1. The second kappa shape index (κ2) is 7.61. The predicted molar refractivity (Wildman–Crippen MR) is 113 cm³/mol. The molecule has 0 saturated carbocycles. The molecular weight excluding hydrogens is 406 g/mol. The Hall–Kier alpha value is -3.12. The number of hydrogen-bond donors (Lipinski definition) is 1. The molecule has 7 heteroatoms. The Bertz CT molecular complexity index is 1130. The maximum Gasteiger partial charge on any atom is 0.336 e. The maximum absolute atomic E-state index is 13.4. The first-order chi connectivity index (χ1) is 14.4. The van der Waals surface area contributed by atoms with E-state index in [0.29, 0.717) is 29.1 Å². The summed E-state index contributed by atoms with van der Waals surface area (Å²) in [5.41, 5.74) is 3.28. The van der Waals surface area contributed by atoms with Crippen LogP contribution in [0.3, 0.4) is 0 Å². The molecule has 4 rings (SSSR count). The largest absolute Gasteiger partial charge is 0.503 e. The Kier molecular flexibility index (Phi) is 5.12. The number of ether oxygens (including phenoxy) is 2. The fourth-order valence-corrected chi connectivity index (χ4v) is 4.45. The van der Waals surface area contributed by atoms with Crippen molar-refractivity contribution in [2.75, 3.05) is 13.7 Å². The average molecular weight is 426 g/mol. The number of fused-ring (bicyclic) bond motifs is 3. The minimum Gasteiger partial charge on any atom is -0.503 e. The molecule has 2 aromatic carbocycles. The quantitative estimate of drug-likeness (QED) is 0.738. The summed E-state index contributed by atoms with van der Waals surface area (Å²) in [7, 11) is 1.29. The number of carbonyl (C=O) groups is 2. The molecular formula is C23H20ClNO5. The lowest BCUT2D eigenvalue weighted by Crippen LogP contribution is -2.32. The third-order valence-corrected chi connectivity index (χ3v) is 5.77. The first-order valence-corrected chi connectivity index (χ1v) is 9.93. The van der Waals surface area contributed by atoms with Crippen molar-refractivity contribution in [1.82, 2.24) is 0 Å². The first-order valence-electron chi connectivity index (χ1n) is 9.55. The van der Waals surface area contributed by atoms with E-state index in [0.717, 1.165) is 5.56 Å². The van der Waals surface area contributed by atoms with Crippen molar-refractivity contribution in [3.05, 3.63) is 69.4 Å². The second-order valence-electron chi connectivity index (χ2n) is 7.14. The van der Waals surface area contributed by atoms with Gasteiger partial charge in [-0.25, -0.2) is 4.79 Å². The number of allylic oxidation sites excluding steroid dienone is 1. The lowest BCUT2D eigenvalue weighted by atomic mass is 9.75. The highest BCUT2D eigenvalue weighted by molar-refractivity contribution is 6.32. The number of ketones is 1. The van der Waals surface area contributed by atoms with Gasteiger partial charge in [-0.15, -0.1) is 0 Å². The van der Waals surface area contributed by atoms with Gasteiger partial charge in [0, 0.05) is 22.7 Å². The molecule has 1 unspecified atom stereocenters. The van der Waals surface area contributed by atoms with Crippen LogP contribution in [0.25, 0.3) is 0 Å². The van der Waals surface area contributed by atoms with E-state index in [9.17, 15) is 14.7 Å². The van der Waals surface area contributed by atoms with Crippen molar-refractivity contribution >= 4 is 29.1 Å². The fraction of sp³-hybridized carbons (Fsp3) is 0.261. The van der Waals surface area contributed by atoms with Gasteiger partial charge in [0.2, 0.25) is 0 Å². The van der Waals surface area contributed by atoms with E-state index in [2.05, 4.69) is 4.99 Å². The molecule has 0 bridgehead atoms. The van der Waals surface area contributed by atoms with E-state index in [1.807, 2.05) is 12.1 Å². The van der Waals surface area contributed by atoms with E-state index in [1.165, 1.54) is 7.11 Å². The number of halogens is 1. The first kappa shape index (κ1) is 20.2. The van der Waals surface area contributed by atoms with Crippen molar-refractivity contribution in [2.45, 2.75) is 19.8 Å². The zero-order valence-electron chi connectivity index (χ0n) is 16.7. The Morgan fingerprint density at radius 1 is 1.20 bits per heavy atom. The zero-order valence-corrected chi connectivity index (χ0v) is 17.5. The van der Waals surface area contributed by atoms with Crippen LogP contribution in [0, 0.1) is 5.92 Å². The number of esters is 1. The van der Waals surface area contributed by atoms with Gasteiger partial charge in [-0.2, -0.15) is 0 Å². The molecule has 1 N–H and O–H groups in total. The number of nitrogens with zero attached hydrogens (tertiary/aromatic N) is 1. The molecule has 0 fully saturated rings. The molecule has 2 aliphatic rings. The van der Waals surface area contributed by atoms with Gasteiger partial charge < -0.3 is 14.6 Å². The molecule has 1 aliphatic heterocycles. The van der Waals surface area contributed by atoms with Crippen LogP contribution in [-0.4, -0.2) is 36.3 Å². The minimum atomic E-state index is -0.699. The summed E-state index contributed by atoms with van der Waals surface area (Å²) < 4.78 is 10.5. The van der Waals surface area contributed by atoms with Gasteiger partial charge in [0.05, 0.1) is 35.9 Å². The van der Waals surface area contributed by atoms with Crippen LogP contribution in [-0.2, 0) is 9.53 Å². The average Bonchev–Trinajstić information content (AvgIpc) is 3.02. The molecule has 0 radical (unpaired) electrons. The van der Waals surface area contributed by atoms with Crippen LogP contribution >= 0.6 is 11.6 Å². The molecule has 0 aromatic heterocycles. The standard InChI is InChI=1S/C23H20ClNO5/c1-4-30-16-10-12(9-15(24)22(16)27)18-17(23(28)29-3)11(2)25-20-13-7-5-6-8-14(13)21(26)19(18)20/h5-10,18-19,27H,4H2,1-3H3/t18-,19?/m1/s1. The van der Waals surface area contributed by atoms with E-state index in [4.69, 9.17) is 21.1 Å². The van der Waals surface area contributed by atoms with Gasteiger partial charge in [0.25, 0.3) is 0 Å². The van der Waals surface area contributed by atoms with Crippen LogP contribution < -0.4 is 4.74 Å². The summed E-state index contributed by atoms with van der Waals surface area (Å²) >= 11 is 6.26. The Morgan fingerprint density at radius 2 is 1.90 bits per heavy atom. The summed E-state index contributed by atoms with van der Waals surface area (Å²) in [6, 6.07) is 10.4. The minimum absolute atomic E-state index is 0.0739. The molecule has 30 heavy (non-hydrogen) atoms. The van der Waals surface area contributed by atoms with Gasteiger partial charge in [0.15, 0.2) is 17.3 Å². The summed E-state index contributed by atoms with van der Waals surface area (Å²) in [6.07, 6.45) is 0. The van der Waals surface area contributed by atoms with Crippen molar-refractivity contribution in [3.8, 4) is 11.5 Å². The molecule has 1 heterocycles. The fourth-order valence-electron chi connectivity index (χ4n) is 4.23. The molecule has 0 spiro atoms.